The van der Waals surface area contributed by atoms with Crippen LogP contribution < -0.4 is 0 Å². The van der Waals surface area contributed by atoms with Gasteiger partial charge in [0.2, 0.25) is 0 Å². The molecule has 1 atom stereocenters. The molecule has 0 radical (unpaired) electrons. The van der Waals surface area contributed by atoms with E-state index in [1.165, 1.54) is 16.7 Å². The monoisotopic (exact) mass is 356 g/mol. The van der Waals surface area contributed by atoms with Crippen molar-refractivity contribution in [1.82, 2.24) is 0 Å². The maximum atomic E-state index is 6.24. The lowest BCUT2D eigenvalue weighted by Gasteiger charge is -2.15. The fraction of sp³-hybridized carbons (Fsp3) is 0.250. The fourth-order valence-corrected chi connectivity index (χ4v) is 3.37. The van der Waals surface area contributed by atoms with Crippen molar-refractivity contribution in [2.75, 3.05) is 0 Å². The normalized spacial score (nSPS) is 12.5. The average molecular weight is 358 g/mol. The number of halogens is 3. The van der Waals surface area contributed by atoms with Crippen molar-refractivity contribution in [1.29, 1.82) is 0 Å². The zero-order valence-corrected chi connectivity index (χ0v) is 14.0. The van der Waals surface area contributed by atoms with Gasteiger partial charge in [-0.25, -0.2) is 0 Å². The molecule has 0 amide bonds. The molecular weight excluding hydrogens is 343 g/mol. The van der Waals surface area contributed by atoms with Gasteiger partial charge in [-0.05, 0) is 55.2 Å². The Morgan fingerprint density at radius 2 is 1.79 bits per heavy atom. The SMILES string of the molecule is Cc1ccc(C)c(CC(Br)c2cc(Cl)ccc2Cl)c1. The first-order valence-corrected chi connectivity index (χ1v) is 7.79. The number of aryl methyl sites for hydroxylation is 2. The third-order valence-electron chi connectivity index (χ3n) is 3.20. The highest BCUT2D eigenvalue weighted by Crippen LogP contribution is 2.34. The molecule has 0 fully saturated rings. The molecule has 0 aliphatic rings. The molecule has 3 heteroatoms. The van der Waals surface area contributed by atoms with Gasteiger partial charge in [0.25, 0.3) is 0 Å². The molecule has 0 heterocycles. The van der Waals surface area contributed by atoms with Gasteiger partial charge in [0.05, 0.1) is 0 Å². The van der Waals surface area contributed by atoms with Crippen LogP contribution in [0.3, 0.4) is 0 Å². The number of alkyl halides is 1. The summed E-state index contributed by atoms with van der Waals surface area (Å²) in [5.41, 5.74) is 4.94. The third-order valence-corrected chi connectivity index (χ3v) is 4.60. The number of hydrogen-bond donors (Lipinski definition) is 0. The molecule has 0 spiro atoms. The van der Waals surface area contributed by atoms with Crippen LogP contribution in [0.5, 0.6) is 0 Å². The molecular formula is C16H15BrCl2. The quantitative estimate of drug-likeness (QED) is 0.566. The second kappa shape index (κ2) is 6.30. The standard InChI is InChI=1S/C16H15BrCl2/c1-10-3-4-11(2)12(7-10)8-15(17)14-9-13(18)5-6-16(14)19/h3-7,9,15H,8H2,1-2H3. The molecule has 1 unspecified atom stereocenters. The Morgan fingerprint density at radius 1 is 1.05 bits per heavy atom. The minimum absolute atomic E-state index is 0.166. The van der Waals surface area contributed by atoms with Crippen LogP contribution in [0.25, 0.3) is 0 Å². The van der Waals surface area contributed by atoms with E-state index in [0.717, 1.165) is 17.0 Å². The van der Waals surface area contributed by atoms with E-state index in [-0.39, 0.29) is 4.83 Å². The lowest BCUT2D eigenvalue weighted by atomic mass is 9.98. The van der Waals surface area contributed by atoms with Crippen LogP contribution in [0.15, 0.2) is 36.4 Å². The predicted octanol–water partition coefficient (Wildman–Crippen LogP) is 6.29. The number of benzene rings is 2. The smallest absolute Gasteiger partial charge is 0.0450 e. The summed E-state index contributed by atoms with van der Waals surface area (Å²) in [7, 11) is 0. The first-order valence-electron chi connectivity index (χ1n) is 6.12. The summed E-state index contributed by atoms with van der Waals surface area (Å²) in [6, 6.07) is 12.1. The second-order valence-electron chi connectivity index (χ2n) is 4.77. The fourth-order valence-electron chi connectivity index (χ4n) is 2.08. The van der Waals surface area contributed by atoms with Gasteiger partial charge in [-0.15, -0.1) is 0 Å². The van der Waals surface area contributed by atoms with Gasteiger partial charge in [0.1, 0.15) is 0 Å². The van der Waals surface area contributed by atoms with Gasteiger partial charge in [0.15, 0.2) is 0 Å². The first-order chi connectivity index (χ1) is 8.97. The van der Waals surface area contributed by atoms with E-state index in [1.807, 2.05) is 18.2 Å². The highest BCUT2D eigenvalue weighted by Gasteiger charge is 2.14. The van der Waals surface area contributed by atoms with Gasteiger partial charge in [-0.3, -0.25) is 0 Å². The molecule has 0 aliphatic carbocycles. The van der Waals surface area contributed by atoms with Crippen LogP contribution in [-0.2, 0) is 6.42 Å². The summed E-state index contributed by atoms with van der Waals surface area (Å²) in [6.45, 7) is 4.24. The van der Waals surface area contributed by atoms with E-state index in [0.29, 0.717) is 5.02 Å². The van der Waals surface area contributed by atoms with Crippen LogP contribution in [0, 0.1) is 13.8 Å². The van der Waals surface area contributed by atoms with E-state index >= 15 is 0 Å². The van der Waals surface area contributed by atoms with Crippen molar-refractivity contribution in [2.24, 2.45) is 0 Å². The van der Waals surface area contributed by atoms with E-state index in [2.05, 4.69) is 48.0 Å². The molecule has 0 N–H and O–H groups in total. The maximum absolute atomic E-state index is 6.24. The molecule has 19 heavy (non-hydrogen) atoms. The first kappa shape index (κ1) is 14.9. The van der Waals surface area contributed by atoms with E-state index in [1.54, 1.807) is 0 Å². The predicted molar refractivity (Wildman–Crippen MR) is 87.8 cm³/mol. The average Bonchev–Trinajstić information content (AvgIpc) is 2.36. The zero-order chi connectivity index (χ0) is 14.0. The van der Waals surface area contributed by atoms with Crippen LogP contribution >= 0.6 is 39.1 Å². The molecule has 0 saturated heterocycles. The molecule has 0 aromatic heterocycles. The number of hydrogen-bond acceptors (Lipinski definition) is 0. The summed E-state index contributed by atoms with van der Waals surface area (Å²) in [5.74, 6) is 0. The Labute approximate surface area is 132 Å². The lowest BCUT2D eigenvalue weighted by Crippen LogP contribution is -1.99. The minimum atomic E-state index is 0.166. The van der Waals surface area contributed by atoms with E-state index in [4.69, 9.17) is 23.2 Å². The molecule has 0 nitrogen and oxygen atoms in total. The highest BCUT2D eigenvalue weighted by atomic mass is 79.9. The van der Waals surface area contributed by atoms with E-state index < -0.39 is 0 Å². The van der Waals surface area contributed by atoms with Crippen molar-refractivity contribution >= 4 is 39.1 Å². The Kier molecular flexibility index (Phi) is 4.94. The van der Waals surface area contributed by atoms with Gasteiger partial charge >= 0.3 is 0 Å². The molecule has 2 aromatic carbocycles. The van der Waals surface area contributed by atoms with Gasteiger partial charge in [0, 0.05) is 14.9 Å². The zero-order valence-electron chi connectivity index (χ0n) is 10.9. The molecule has 0 aliphatic heterocycles. The molecule has 0 bridgehead atoms. The topological polar surface area (TPSA) is 0 Å². The van der Waals surface area contributed by atoms with Gasteiger partial charge in [-0.1, -0.05) is 62.9 Å². The van der Waals surface area contributed by atoms with Crippen LogP contribution in [0.4, 0.5) is 0 Å². The van der Waals surface area contributed by atoms with Crippen molar-refractivity contribution in [2.45, 2.75) is 25.1 Å². The van der Waals surface area contributed by atoms with Crippen LogP contribution in [-0.4, -0.2) is 0 Å². The number of rotatable bonds is 3. The maximum Gasteiger partial charge on any atom is 0.0450 e. The lowest BCUT2D eigenvalue weighted by molar-refractivity contribution is 0.936. The van der Waals surface area contributed by atoms with Crippen molar-refractivity contribution in [3.8, 4) is 0 Å². The van der Waals surface area contributed by atoms with Crippen LogP contribution in [0.1, 0.15) is 27.1 Å². The van der Waals surface area contributed by atoms with Crippen molar-refractivity contribution in [3.63, 3.8) is 0 Å². The third kappa shape index (κ3) is 3.75. The Bertz CT molecular complexity index is 593. The Morgan fingerprint density at radius 3 is 2.53 bits per heavy atom. The van der Waals surface area contributed by atoms with Gasteiger partial charge < -0.3 is 0 Å². The molecule has 2 aromatic rings. The highest BCUT2D eigenvalue weighted by molar-refractivity contribution is 9.09. The Hall–Kier alpha value is -0.500. The van der Waals surface area contributed by atoms with Crippen molar-refractivity contribution in [3.05, 3.63) is 68.7 Å². The van der Waals surface area contributed by atoms with Crippen LogP contribution in [0.2, 0.25) is 10.0 Å². The minimum Gasteiger partial charge on any atom is -0.0843 e. The summed E-state index contributed by atoms with van der Waals surface area (Å²) >= 11 is 16.0. The van der Waals surface area contributed by atoms with E-state index in [9.17, 15) is 0 Å². The molecule has 0 saturated carbocycles. The summed E-state index contributed by atoms with van der Waals surface area (Å²) in [5, 5.41) is 1.46. The Balaban J connectivity index is 2.27. The second-order valence-corrected chi connectivity index (χ2v) is 6.72. The van der Waals surface area contributed by atoms with Crippen molar-refractivity contribution < 1.29 is 0 Å². The molecule has 2 rings (SSSR count). The molecule has 100 valence electrons. The van der Waals surface area contributed by atoms with Gasteiger partial charge in [-0.2, -0.15) is 0 Å². The summed E-state index contributed by atoms with van der Waals surface area (Å²) in [4.78, 5) is 0.166. The summed E-state index contributed by atoms with van der Waals surface area (Å²) in [6.07, 6.45) is 0.896. The largest absolute Gasteiger partial charge is 0.0843 e. The summed E-state index contributed by atoms with van der Waals surface area (Å²) < 4.78 is 0.